The van der Waals surface area contributed by atoms with E-state index in [0.29, 0.717) is 12.0 Å². The van der Waals surface area contributed by atoms with Crippen LogP contribution < -0.4 is 10.6 Å². The lowest BCUT2D eigenvalue weighted by molar-refractivity contribution is 0.292. The van der Waals surface area contributed by atoms with Crippen molar-refractivity contribution in [3.63, 3.8) is 0 Å². The van der Waals surface area contributed by atoms with Crippen molar-refractivity contribution in [3.05, 3.63) is 5.69 Å². The standard InChI is InChI=1S/C15H28N4/c1-6-7-19-15(14(16)12(4)17-19)18-9-10(2)8-11(3)13(18)5/h10-11,13H,6-9,16H2,1-5H3. The van der Waals surface area contributed by atoms with Crippen LogP contribution in [0, 0.1) is 18.8 Å². The molecule has 1 saturated heterocycles. The van der Waals surface area contributed by atoms with E-state index in [1.165, 1.54) is 6.42 Å². The Bertz CT molecular complexity index is 438. The highest BCUT2D eigenvalue weighted by atomic mass is 15.4. The molecule has 1 fully saturated rings. The van der Waals surface area contributed by atoms with Crippen LogP contribution >= 0.6 is 0 Å². The summed E-state index contributed by atoms with van der Waals surface area (Å²) in [6, 6.07) is 0.533. The molecule has 0 aromatic carbocycles. The summed E-state index contributed by atoms with van der Waals surface area (Å²) < 4.78 is 2.10. The number of piperidine rings is 1. The molecule has 0 spiro atoms. The van der Waals surface area contributed by atoms with Crippen molar-refractivity contribution in [1.29, 1.82) is 0 Å². The van der Waals surface area contributed by atoms with Crippen molar-refractivity contribution in [3.8, 4) is 0 Å². The first kappa shape index (κ1) is 14.2. The van der Waals surface area contributed by atoms with Crippen LogP contribution in [0.1, 0.15) is 46.2 Å². The maximum absolute atomic E-state index is 6.29. The van der Waals surface area contributed by atoms with E-state index in [9.17, 15) is 0 Å². The molecule has 0 aliphatic carbocycles. The van der Waals surface area contributed by atoms with Crippen LogP contribution in [0.3, 0.4) is 0 Å². The van der Waals surface area contributed by atoms with Crippen molar-refractivity contribution in [2.45, 2.75) is 60.0 Å². The van der Waals surface area contributed by atoms with Crippen LogP contribution in [0.5, 0.6) is 0 Å². The topological polar surface area (TPSA) is 47.1 Å². The lowest BCUT2D eigenvalue weighted by Crippen LogP contribution is -2.47. The van der Waals surface area contributed by atoms with Crippen LogP contribution in [0.15, 0.2) is 0 Å². The number of rotatable bonds is 3. The maximum Gasteiger partial charge on any atom is 0.150 e. The molecule has 4 nitrogen and oxygen atoms in total. The average molecular weight is 264 g/mol. The third kappa shape index (κ3) is 2.58. The minimum atomic E-state index is 0.533. The van der Waals surface area contributed by atoms with Gasteiger partial charge in [-0.2, -0.15) is 5.10 Å². The second kappa shape index (κ2) is 5.43. The molecule has 0 bridgehead atoms. The number of anilines is 2. The van der Waals surface area contributed by atoms with Gasteiger partial charge in [-0.25, -0.2) is 4.68 Å². The minimum Gasteiger partial charge on any atom is -0.394 e. The second-order valence-electron chi connectivity index (χ2n) is 6.26. The van der Waals surface area contributed by atoms with Crippen molar-refractivity contribution in [1.82, 2.24) is 9.78 Å². The van der Waals surface area contributed by atoms with Gasteiger partial charge in [0.25, 0.3) is 0 Å². The van der Waals surface area contributed by atoms with E-state index in [1.54, 1.807) is 0 Å². The highest BCUT2D eigenvalue weighted by molar-refractivity contribution is 5.67. The molecule has 3 unspecified atom stereocenters. The molecule has 108 valence electrons. The van der Waals surface area contributed by atoms with Gasteiger partial charge in [0.1, 0.15) is 0 Å². The summed E-state index contributed by atoms with van der Waals surface area (Å²) in [5, 5.41) is 4.61. The smallest absolute Gasteiger partial charge is 0.150 e. The lowest BCUT2D eigenvalue weighted by Gasteiger charge is -2.42. The molecular formula is C15H28N4. The van der Waals surface area contributed by atoms with Crippen molar-refractivity contribution < 1.29 is 0 Å². The van der Waals surface area contributed by atoms with Gasteiger partial charge in [-0.3, -0.25) is 0 Å². The van der Waals surface area contributed by atoms with Crippen molar-refractivity contribution in [2.75, 3.05) is 17.2 Å². The normalized spacial score (nSPS) is 27.8. The lowest BCUT2D eigenvalue weighted by atomic mass is 9.86. The van der Waals surface area contributed by atoms with Crippen LogP contribution in [0.2, 0.25) is 0 Å². The van der Waals surface area contributed by atoms with Crippen molar-refractivity contribution >= 4 is 11.5 Å². The van der Waals surface area contributed by atoms with Crippen LogP contribution in [0.25, 0.3) is 0 Å². The number of hydrogen-bond acceptors (Lipinski definition) is 3. The Morgan fingerprint density at radius 3 is 2.63 bits per heavy atom. The van der Waals surface area contributed by atoms with Crippen LogP contribution in [-0.4, -0.2) is 22.4 Å². The Labute approximate surface area is 117 Å². The largest absolute Gasteiger partial charge is 0.394 e. The van der Waals surface area contributed by atoms with Gasteiger partial charge in [0, 0.05) is 19.1 Å². The average Bonchev–Trinajstić information content (AvgIpc) is 2.61. The molecule has 0 saturated carbocycles. The van der Waals surface area contributed by atoms with Gasteiger partial charge >= 0.3 is 0 Å². The number of nitrogen functional groups attached to an aromatic ring is 1. The molecule has 2 rings (SSSR count). The third-order valence-electron chi connectivity index (χ3n) is 4.45. The monoisotopic (exact) mass is 264 g/mol. The fraction of sp³-hybridized carbons (Fsp3) is 0.800. The summed E-state index contributed by atoms with van der Waals surface area (Å²) in [7, 11) is 0. The van der Waals surface area contributed by atoms with E-state index in [2.05, 4.69) is 42.4 Å². The van der Waals surface area contributed by atoms with Gasteiger partial charge < -0.3 is 10.6 Å². The predicted octanol–water partition coefficient (Wildman–Crippen LogP) is 3.05. The molecular weight excluding hydrogens is 236 g/mol. The Balaban J connectivity index is 2.38. The summed E-state index contributed by atoms with van der Waals surface area (Å²) in [5.74, 6) is 2.56. The first-order valence-corrected chi connectivity index (χ1v) is 7.55. The van der Waals surface area contributed by atoms with E-state index in [-0.39, 0.29) is 0 Å². The fourth-order valence-corrected chi connectivity index (χ4v) is 3.25. The third-order valence-corrected chi connectivity index (χ3v) is 4.45. The molecule has 0 amide bonds. The summed E-state index contributed by atoms with van der Waals surface area (Å²) in [5.41, 5.74) is 8.11. The Morgan fingerprint density at radius 1 is 1.32 bits per heavy atom. The first-order valence-electron chi connectivity index (χ1n) is 7.55. The fourth-order valence-electron chi connectivity index (χ4n) is 3.25. The van der Waals surface area contributed by atoms with E-state index < -0.39 is 0 Å². The number of aryl methyl sites for hydroxylation is 2. The van der Waals surface area contributed by atoms with Crippen molar-refractivity contribution in [2.24, 2.45) is 11.8 Å². The molecule has 1 aromatic rings. The molecule has 1 aliphatic rings. The minimum absolute atomic E-state index is 0.533. The zero-order valence-electron chi connectivity index (χ0n) is 13.0. The zero-order chi connectivity index (χ0) is 14.2. The number of hydrogen-bond donors (Lipinski definition) is 1. The SMILES string of the molecule is CCCn1nc(C)c(N)c1N1CC(C)CC(C)C1C. The van der Waals surface area contributed by atoms with Gasteiger partial charge in [-0.1, -0.05) is 20.8 Å². The summed E-state index contributed by atoms with van der Waals surface area (Å²) in [4.78, 5) is 2.48. The maximum atomic E-state index is 6.29. The van der Waals surface area contributed by atoms with Gasteiger partial charge in [0.05, 0.1) is 11.4 Å². The van der Waals surface area contributed by atoms with Gasteiger partial charge in [0.2, 0.25) is 0 Å². The Kier molecular flexibility index (Phi) is 4.07. The summed E-state index contributed by atoms with van der Waals surface area (Å²) in [6.45, 7) is 13.2. The molecule has 2 N–H and O–H groups in total. The molecule has 4 heteroatoms. The molecule has 0 radical (unpaired) electrons. The van der Waals surface area contributed by atoms with Gasteiger partial charge in [0.15, 0.2) is 5.82 Å². The number of nitrogens with two attached hydrogens (primary N) is 1. The molecule has 1 aromatic heterocycles. The quantitative estimate of drug-likeness (QED) is 0.912. The van der Waals surface area contributed by atoms with E-state index in [0.717, 1.165) is 42.6 Å². The zero-order valence-corrected chi connectivity index (χ0v) is 13.0. The predicted molar refractivity (Wildman–Crippen MR) is 81.4 cm³/mol. The molecule has 19 heavy (non-hydrogen) atoms. The van der Waals surface area contributed by atoms with Gasteiger partial charge in [-0.05, 0) is 38.5 Å². The number of nitrogens with zero attached hydrogens (tertiary/aromatic N) is 3. The summed E-state index contributed by atoms with van der Waals surface area (Å²) in [6.07, 6.45) is 2.39. The molecule has 3 atom stereocenters. The molecule has 2 heterocycles. The summed E-state index contributed by atoms with van der Waals surface area (Å²) >= 11 is 0. The van der Waals surface area contributed by atoms with Gasteiger partial charge in [-0.15, -0.1) is 0 Å². The van der Waals surface area contributed by atoms with E-state index in [4.69, 9.17) is 5.73 Å². The van der Waals surface area contributed by atoms with E-state index in [1.807, 2.05) is 6.92 Å². The first-order chi connectivity index (χ1) is 8.95. The van der Waals surface area contributed by atoms with E-state index >= 15 is 0 Å². The second-order valence-corrected chi connectivity index (χ2v) is 6.26. The highest BCUT2D eigenvalue weighted by Gasteiger charge is 2.32. The highest BCUT2D eigenvalue weighted by Crippen LogP contribution is 2.35. The number of aromatic nitrogens is 2. The molecule has 1 aliphatic heterocycles. The Hall–Kier alpha value is -1.19. The van der Waals surface area contributed by atoms with Crippen LogP contribution in [0.4, 0.5) is 11.5 Å². The Morgan fingerprint density at radius 2 is 2.00 bits per heavy atom. The van der Waals surface area contributed by atoms with Crippen LogP contribution in [-0.2, 0) is 6.54 Å².